The van der Waals surface area contributed by atoms with Crippen molar-refractivity contribution >= 4 is 28.5 Å². The van der Waals surface area contributed by atoms with Crippen molar-refractivity contribution in [3.05, 3.63) is 29.5 Å². The summed E-state index contributed by atoms with van der Waals surface area (Å²) < 4.78 is 7.40. The number of anilines is 1. The summed E-state index contributed by atoms with van der Waals surface area (Å²) in [4.78, 5) is 26.4. The fourth-order valence-electron chi connectivity index (χ4n) is 2.95. The molecule has 2 amide bonds. The first-order valence-electron chi connectivity index (χ1n) is 8.56. The van der Waals surface area contributed by atoms with Gasteiger partial charge in [-0.3, -0.25) is 10.1 Å². The van der Waals surface area contributed by atoms with Gasteiger partial charge in [0.05, 0.1) is 0 Å². The zero-order chi connectivity index (χ0) is 18.7. The predicted octanol–water partition coefficient (Wildman–Crippen LogP) is 3.16. The molecule has 3 heterocycles. The highest BCUT2D eigenvalue weighted by Gasteiger charge is 2.28. The number of carbonyl (C=O) groups is 2. The van der Waals surface area contributed by atoms with Crippen LogP contribution in [0.1, 0.15) is 50.1 Å². The summed E-state index contributed by atoms with van der Waals surface area (Å²) in [5.41, 5.74) is 1.65. The summed E-state index contributed by atoms with van der Waals surface area (Å²) in [6.07, 6.45) is 3.17. The van der Waals surface area contributed by atoms with Crippen molar-refractivity contribution in [3.63, 3.8) is 0 Å². The Morgan fingerprint density at radius 3 is 2.65 bits per heavy atom. The lowest BCUT2D eigenvalue weighted by atomic mass is 10.0. The SMILES string of the molecule is CC(C)(C)OC(=O)N1CCC(n2cccc2C(=O)Nc2nncs2)CC1. The van der Waals surface area contributed by atoms with Crippen LogP contribution in [-0.2, 0) is 4.74 Å². The van der Waals surface area contributed by atoms with Crippen LogP contribution in [0.4, 0.5) is 9.93 Å². The minimum atomic E-state index is -0.496. The van der Waals surface area contributed by atoms with Gasteiger partial charge in [0.2, 0.25) is 5.13 Å². The molecule has 1 saturated heterocycles. The maximum absolute atomic E-state index is 12.5. The molecule has 140 valence electrons. The van der Waals surface area contributed by atoms with Crippen LogP contribution in [0.5, 0.6) is 0 Å². The van der Waals surface area contributed by atoms with Gasteiger partial charge < -0.3 is 14.2 Å². The Kier molecular flexibility index (Phi) is 5.26. The van der Waals surface area contributed by atoms with E-state index in [-0.39, 0.29) is 18.0 Å². The van der Waals surface area contributed by atoms with Gasteiger partial charge in [-0.1, -0.05) is 11.3 Å². The molecule has 0 aliphatic carbocycles. The van der Waals surface area contributed by atoms with Crippen LogP contribution in [0.15, 0.2) is 23.8 Å². The molecule has 26 heavy (non-hydrogen) atoms. The maximum atomic E-state index is 12.5. The topological polar surface area (TPSA) is 89.4 Å². The number of hydrogen-bond acceptors (Lipinski definition) is 6. The molecule has 1 fully saturated rings. The molecule has 3 rings (SSSR count). The van der Waals surface area contributed by atoms with Crippen molar-refractivity contribution in [2.75, 3.05) is 18.4 Å². The molecular formula is C17H23N5O3S. The van der Waals surface area contributed by atoms with Crippen LogP contribution in [0.25, 0.3) is 0 Å². The monoisotopic (exact) mass is 377 g/mol. The average molecular weight is 377 g/mol. The Hall–Kier alpha value is -2.42. The predicted molar refractivity (Wildman–Crippen MR) is 98.4 cm³/mol. The highest BCUT2D eigenvalue weighted by molar-refractivity contribution is 7.13. The zero-order valence-corrected chi connectivity index (χ0v) is 16.0. The zero-order valence-electron chi connectivity index (χ0n) is 15.1. The van der Waals surface area contributed by atoms with Gasteiger partial charge in [-0.15, -0.1) is 10.2 Å². The van der Waals surface area contributed by atoms with Gasteiger partial charge in [0.1, 0.15) is 16.8 Å². The van der Waals surface area contributed by atoms with Gasteiger partial charge in [-0.05, 0) is 45.7 Å². The van der Waals surface area contributed by atoms with E-state index in [4.69, 9.17) is 4.74 Å². The number of nitrogens with zero attached hydrogens (tertiary/aromatic N) is 4. The molecule has 9 heteroatoms. The smallest absolute Gasteiger partial charge is 0.410 e. The Bertz CT molecular complexity index is 758. The molecule has 0 bridgehead atoms. The standard InChI is InChI=1S/C17H23N5O3S/c1-17(2,3)25-16(24)21-9-6-12(7-10-21)22-8-4-5-13(22)14(23)19-15-20-18-11-26-15/h4-5,8,11-12H,6-7,9-10H2,1-3H3,(H,19,20,23). The number of ether oxygens (including phenoxy) is 1. The van der Waals surface area contributed by atoms with Crippen molar-refractivity contribution in [1.82, 2.24) is 19.7 Å². The second-order valence-electron chi connectivity index (χ2n) is 7.20. The van der Waals surface area contributed by atoms with Gasteiger partial charge in [0.15, 0.2) is 0 Å². The minimum absolute atomic E-state index is 0.166. The Labute approximate surface area is 156 Å². The van der Waals surface area contributed by atoms with Gasteiger partial charge >= 0.3 is 6.09 Å². The quantitative estimate of drug-likeness (QED) is 0.887. The molecule has 2 aromatic rings. The number of hydrogen-bond donors (Lipinski definition) is 1. The third-order valence-corrected chi connectivity index (χ3v) is 4.71. The second kappa shape index (κ2) is 7.45. The Morgan fingerprint density at radius 1 is 1.31 bits per heavy atom. The van der Waals surface area contributed by atoms with Crippen LogP contribution in [0.2, 0.25) is 0 Å². The molecule has 0 radical (unpaired) electrons. The third-order valence-electron chi connectivity index (χ3n) is 4.10. The van der Waals surface area contributed by atoms with Gasteiger partial charge in [-0.25, -0.2) is 4.79 Å². The van der Waals surface area contributed by atoms with E-state index in [9.17, 15) is 9.59 Å². The lowest BCUT2D eigenvalue weighted by molar-refractivity contribution is 0.0187. The fraction of sp³-hybridized carbons (Fsp3) is 0.529. The highest BCUT2D eigenvalue weighted by Crippen LogP contribution is 2.26. The number of piperidine rings is 1. The van der Waals surface area contributed by atoms with E-state index in [0.717, 1.165) is 12.8 Å². The molecule has 2 aromatic heterocycles. The van der Waals surface area contributed by atoms with E-state index in [1.165, 1.54) is 11.3 Å². The van der Waals surface area contributed by atoms with Crippen molar-refractivity contribution in [2.24, 2.45) is 0 Å². The average Bonchev–Trinajstić information content (AvgIpc) is 3.24. The Balaban J connectivity index is 1.61. The fourth-order valence-corrected chi connectivity index (χ4v) is 3.39. The van der Waals surface area contributed by atoms with E-state index >= 15 is 0 Å². The van der Waals surface area contributed by atoms with Crippen molar-refractivity contribution in [3.8, 4) is 0 Å². The first kappa shape index (κ1) is 18.4. The summed E-state index contributed by atoms with van der Waals surface area (Å²) in [5, 5.41) is 10.8. The van der Waals surface area contributed by atoms with Crippen LogP contribution in [0, 0.1) is 0 Å². The third kappa shape index (κ3) is 4.40. The van der Waals surface area contributed by atoms with Crippen LogP contribution in [0.3, 0.4) is 0 Å². The van der Waals surface area contributed by atoms with Crippen LogP contribution >= 0.6 is 11.3 Å². The first-order valence-corrected chi connectivity index (χ1v) is 9.44. The highest BCUT2D eigenvalue weighted by atomic mass is 32.1. The van der Waals surface area contributed by atoms with E-state index in [1.807, 2.05) is 37.6 Å². The van der Waals surface area contributed by atoms with E-state index < -0.39 is 5.60 Å². The first-order chi connectivity index (χ1) is 12.3. The number of likely N-dealkylation sites (tertiary alicyclic amines) is 1. The maximum Gasteiger partial charge on any atom is 0.410 e. The molecular weight excluding hydrogens is 354 g/mol. The van der Waals surface area contributed by atoms with Crippen molar-refractivity contribution in [2.45, 2.75) is 45.3 Å². The second-order valence-corrected chi connectivity index (χ2v) is 8.03. The molecule has 1 aliphatic heterocycles. The largest absolute Gasteiger partial charge is 0.444 e. The summed E-state index contributed by atoms with van der Waals surface area (Å²) in [6.45, 7) is 6.80. The van der Waals surface area contributed by atoms with Gasteiger partial charge in [0.25, 0.3) is 5.91 Å². The molecule has 0 spiro atoms. The van der Waals surface area contributed by atoms with Crippen molar-refractivity contribution < 1.29 is 14.3 Å². The molecule has 0 saturated carbocycles. The number of aromatic nitrogens is 3. The summed E-state index contributed by atoms with van der Waals surface area (Å²) in [6, 6.07) is 3.81. The molecule has 0 aromatic carbocycles. The lowest BCUT2D eigenvalue weighted by Gasteiger charge is -2.34. The van der Waals surface area contributed by atoms with Crippen LogP contribution < -0.4 is 5.32 Å². The normalized spacial score (nSPS) is 15.7. The summed E-state index contributed by atoms with van der Waals surface area (Å²) in [7, 11) is 0. The summed E-state index contributed by atoms with van der Waals surface area (Å²) in [5.74, 6) is -0.207. The number of carbonyl (C=O) groups excluding carboxylic acids is 2. The molecule has 8 nitrogen and oxygen atoms in total. The van der Waals surface area contributed by atoms with E-state index in [2.05, 4.69) is 15.5 Å². The van der Waals surface area contributed by atoms with Gasteiger partial charge in [0, 0.05) is 25.3 Å². The lowest BCUT2D eigenvalue weighted by Crippen LogP contribution is -2.42. The number of amides is 2. The minimum Gasteiger partial charge on any atom is -0.444 e. The Morgan fingerprint density at radius 2 is 2.04 bits per heavy atom. The van der Waals surface area contributed by atoms with Gasteiger partial charge in [-0.2, -0.15) is 0 Å². The molecule has 1 aliphatic rings. The molecule has 0 atom stereocenters. The van der Waals surface area contributed by atoms with Crippen LogP contribution in [-0.4, -0.2) is 50.4 Å². The van der Waals surface area contributed by atoms with Crippen molar-refractivity contribution in [1.29, 1.82) is 0 Å². The molecule has 0 unspecified atom stereocenters. The molecule has 1 N–H and O–H groups in total. The number of nitrogens with one attached hydrogen (secondary N) is 1. The van der Waals surface area contributed by atoms with E-state index in [1.54, 1.807) is 16.5 Å². The number of rotatable bonds is 3. The summed E-state index contributed by atoms with van der Waals surface area (Å²) >= 11 is 1.28. The van der Waals surface area contributed by atoms with E-state index in [0.29, 0.717) is 23.9 Å².